The van der Waals surface area contributed by atoms with Crippen LogP contribution in [0, 0.1) is 0 Å². The third-order valence-electron chi connectivity index (χ3n) is 6.48. The molecule has 2 aromatic heterocycles. The van der Waals surface area contributed by atoms with Crippen LogP contribution in [-0.2, 0) is 0 Å². The number of rotatable bonds is 3. The van der Waals surface area contributed by atoms with E-state index in [1.165, 1.54) is 63.0 Å². The summed E-state index contributed by atoms with van der Waals surface area (Å²) in [6, 6.07) is 43.8. The molecule has 0 bridgehead atoms. The molecule has 0 nitrogen and oxygen atoms in total. The lowest BCUT2D eigenvalue weighted by Crippen LogP contribution is -1.80. The van der Waals surface area contributed by atoms with Crippen molar-refractivity contribution in [3.05, 3.63) is 121 Å². The first-order chi connectivity index (χ1) is 16.9. The Bertz CT molecular complexity index is 1770. The lowest BCUT2D eigenvalue weighted by atomic mass is 9.95. The van der Waals surface area contributed by atoms with Gasteiger partial charge in [-0.3, -0.25) is 0 Å². The van der Waals surface area contributed by atoms with E-state index in [4.69, 9.17) is 0 Å². The first kappa shape index (κ1) is 19.7. The van der Waals surface area contributed by atoms with Crippen molar-refractivity contribution < 1.29 is 0 Å². The van der Waals surface area contributed by atoms with Crippen LogP contribution in [0.4, 0.5) is 0 Å². The highest BCUT2D eigenvalue weighted by Gasteiger charge is 2.22. The summed E-state index contributed by atoms with van der Waals surface area (Å²) < 4.78 is 1.37. The van der Waals surface area contributed by atoms with Crippen molar-refractivity contribution in [2.45, 2.75) is 0 Å². The van der Waals surface area contributed by atoms with Crippen molar-refractivity contribution in [3.8, 4) is 31.3 Å². The molecule has 0 spiro atoms. The minimum atomic E-state index is 1.28. The van der Waals surface area contributed by atoms with E-state index in [-0.39, 0.29) is 0 Å². The lowest BCUT2D eigenvalue weighted by Gasteiger charge is -2.07. The molecule has 160 valence electrons. The molecule has 2 heterocycles. The van der Waals surface area contributed by atoms with E-state index in [1.54, 1.807) is 0 Å². The molecule has 0 unspecified atom stereocenters. The minimum Gasteiger partial charge on any atom is -0.135 e. The molecule has 0 fully saturated rings. The minimum absolute atomic E-state index is 1.28. The van der Waals surface area contributed by atoms with Gasteiger partial charge in [-0.25, -0.2) is 0 Å². The molecule has 0 radical (unpaired) electrons. The summed E-state index contributed by atoms with van der Waals surface area (Å²) in [7, 11) is 0. The molecule has 0 aliphatic heterocycles. The highest BCUT2D eigenvalue weighted by molar-refractivity contribution is 7.24. The fourth-order valence-corrected chi connectivity index (χ4v) is 7.50. The Morgan fingerprint density at radius 1 is 0.382 bits per heavy atom. The Balaban J connectivity index is 1.70. The third kappa shape index (κ3) is 3.03. The van der Waals surface area contributed by atoms with Gasteiger partial charge in [-0.2, -0.15) is 0 Å². The van der Waals surface area contributed by atoms with Crippen molar-refractivity contribution in [1.29, 1.82) is 0 Å². The van der Waals surface area contributed by atoms with E-state index in [1.807, 2.05) is 22.7 Å². The quantitative estimate of drug-likeness (QED) is 0.242. The van der Waals surface area contributed by atoms with Crippen LogP contribution in [0.1, 0.15) is 0 Å². The zero-order valence-corrected chi connectivity index (χ0v) is 20.0. The molecule has 0 aliphatic rings. The molecule has 7 aromatic rings. The summed E-state index contributed by atoms with van der Waals surface area (Å²) in [6.45, 7) is 0. The van der Waals surface area contributed by atoms with Crippen LogP contribution >= 0.6 is 22.7 Å². The second-order valence-electron chi connectivity index (χ2n) is 8.51. The Morgan fingerprint density at radius 3 is 1.44 bits per heavy atom. The van der Waals surface area contributed by atoms with Crippen LogP contribution in [0.15, 0.2) is 121 Å². The number of thiophene rings is 2. The number of benzene rings is 5. The fraction of sp³-hybridized carbons (Fsp3) is 0. The van der Waals surface area contributed by atoms with Gasteiger partial charge < -0.3 is 0 Å². The summed E-state index contributed by atoms with van der Waals surface area (Å²) >= 11 is 3.83. The molecule has 0 aliphatic carbocycles. The first-order valence-corrected chi connectivity index (χ1v) is 13.1. The summed E-state index contributed by atoms with van der Waals surface area (Å²) in [4.78, 5) is 4.02. The standard InChI is InChI=1S/C32H20S2/c1-4-12-21(13-5-1)27-20-26-29-28(24-18-10-11-19-25(24)32(26)33-27)30(22-14-6-2-7-15-22)34-31(29)23-16-8-3-9-17-23/h1-20H. The average Bonchev–Trinajstić information content (AvgIpc) is 3.53. The van der Waals surface area contributed by atoms with E-state index in [0.29, 0.717) is 0 Å². The van der Waals surface area contributed by atoms with Gasteiger partial charge >= 0.3 is 0 Å². The zero-order valence-electron chi connectivity index (χ0n) is 18.4. The van der Waals surface area contributed by atoms with E-state index in [9.17, 15) is 0 Å². The molecule has 0 saturated heterocycles. The van der Waals surface area contributed by atoms with Gasteiger partial charge in [0.1, 0.15) is 0 Å². The summed E-state index contributed by atoms with van der Waals surface area (Å²) in [5.41, 5.74) is 3.84. The second-order valence-corrected chi connectivity index (χ2v) is 10.6. The molecule has 5 aromatic carbocycles. The number of fused-ring (bicyclic) bond motifs is 6. The average molecular weight is 469 g/mol. The van der Waals surface area contributed by atoms with Gasteiger partial charge in [-0.05, 0) is 28.1 Å². The van der Waals surface area contributed by atoms with Crippen LogP contribution in [-0.4, -0.2) is 0 Å². The van der Waals surface area contributed by atoms with Gasteiger partial charge in [0.15, 0.2) is 0 Å². The maximum Gasteiger partial charge on any atom is 0.0434 e. The Morgan fingerprint density at radius 2 is 0.853 bits per heavy atom. The maximum atomic E-state index is 2.41. The highest BCUT2D eigenvalue weighted by Crippen LogP contribution is 2.52. The van der Waals surface area contributed by atoms with Crippen LogP contribution < -0.4 is 0 Å². The van der Waals surface area contributed by atoms with Gasteiger partial charge in [0.05, 0.1) is 0 Å². The smallest absolute Gasteiger partial charge is 0.0434 e. The van der Waals surface area contributed by atoms with E-state index < -0.39 is 0 Å². The zero-order chi connectivity index (χ0) is 22.5. The van der Waals surface area contributed by atoms with Crippen molar-refractivity contribution in [2.24, 2.45) is 0 Å². The summed E-state index contributed by atoms with van der Waals surface area (Å²) in [5.74, 6) is 0. The van der Waals surface area contributed by atoms with Gasteiger partial charge in [-0.15, -0.1) is 22.7 Å². The largest absolute Gasteiger partial charge is 0.135 e. The first-order valence-electron chi connectivity index (χ1n) is 11.5. The van der Waals surface area contributed by atoms with Gasteiger partial charge in [0, 0.05) is 40.9 Å². The van der Waals surface area contributed by atoms with E-state index in [2.05, 4.69) is 121 Å². The van der Waals surface area contributed by atoms with E-state index in [0.717, 1.165) is 0 Å². The molecular formula is C32H20S2. The van der Waals surface area contributed by atoms with E-state index >= 15 is 0 Å². The second kappa shape index (κ2) is 7.95. The fourth-order valence-electron chi connectivity index (χ4n) is 4.95. The molecule has 2 heteroatoms. The van der Waals surface area contributed by atoms with Crippen LogP contribution in [0.5, 0.6) is 0 Å². The van der Waals surface area contributed by atoms with Crippen LogP contribution in [0.3, 0.4) is 0 Å². The SMILES string of the molecule is c1ccc(-c2cc3c(s2)c2ccccc2c2c(-c4ccccc4)sc(-c4ccccc4)c32)cc1. The Hall–Kier alpha value is -3.72. The molecule has 0 N–H and O–H groups in total. The van der Waals surface area contributed by atoms with Gasteiger partial charge in [0.25, 0.3) is 0 Å². The number of hydrogen-bond donors (Lipinski definition) is 0. The maximum absolute atomic E-state index is 2.41. The molecule has 0 saturated carbocycles. The van der Waals surface area contributed by atoms with Crippen LogP contribution in [0.2, 0.25) is 0 Å². The molecule has 0 amide bonds. The predicted octanol–water partition coefficient (Wildman–Crippen LogP) is 10.3. The van der Waals surface area contributed by atoms with Crippen molar-refractivity contribution in [3.63, 3.8) is 0 Å². The van der Waals surface area contributed by atoms with Crippen molar-refractivity contribution in [1.82, 2.24) is 0 Å². The number of hydrogen-bond acceptors (Lipinski definition) is 2. The van der Waals surface area contributed by atoms with Crippen molar-refractivity contribution >= 4 is 54.3 Å². The normalized spacial score (nSPS) is 11.5. The Kier molecular flexibility index (Phi) is 4.61. The topological polar surface area (TPSA) is 0 Å². The Labute approximate surface area is 206 Å². The van der Waals surface area contributed by atoms with Gasteiger partial charge in [0.2, 0.25) is 0 Å². The highest BCUT2D eigenvalue weighted by atomic mass is 32.1. The molecule has 0 atom stereocenters. The predicted molar refractivity (Wildman–Crippen MR) is 151 cm³/mol. The summed E-state index contributed by atoms with van der Waals surface area (Å²) in [5, 5.41) is 6.78. The molecular weight excluding hydrogens is 448 g/mol. The summed E-state index contributed by atoms with van der Waals surface area (Å²) in [6.07, 6.45) is 0. The van der Waals surface area contributed by atoms with Crippen LogP contribution in [0.25, 0.3) is 63.0 Å². The van der Waals surface area contributed by atoms with Crippen molar-refractivity contribution in [2.75, 3.05) is 0 Å². The third-order valence-corrected chi connectivity index (χ3v) is 8.99. The molecule has 7 rings (SSSR count). The van der Waals surface area contributed by atoms with Gasteiger partial charge in [-0.1, -0.05) is 115 Å². The monoisotopic (exact) mass is 468 g/mol. The molecule has 34 heavy (non-hydrogen) atoms. The lowest BCUT2D eigenvalue weighted by molar-refractivity contribution is 1.70.